The predicted octanol–water partition coefficient (Wildman–Crippen LogP) is 6.82. The first kappa shape index (κ1) is 32.5. The Bertz CT molecular complexity index is 2020. The first-order valence-electron chi connectivity index (χ1n) is 14.5. The van der Waals surface area contributed by atoms with Crippen LogP contribution in [0.25, 0.3) is 0 Å². The first-order chi connectivity index (χ1) is 22.6. The largest absolute Gasteiger partial charge is 0.508 e. The topological polar surface area (TPSA) is 95.0 Å². The lowest BCUT2D eigenvalue weighted by Gasteiger charge is -2.50. The van der Waals surface area contributed by atoms with E-state index in [9.17, 15) is 37.5 Å². The third kappa shape index (κ3) is 4.05. The van der Waals surface area contributed by atoms with Crippen molar-refractivity contribution in [1.82, 2.24) is 0 Å². The molecule has 0 aromatic heterocycles. The fraction of sp³-hybridized carbons (Fsp3) is 0.273. The van der Waals surface area contributed by atoms with Crippen molar-refractivity contribution in [2.45, 2.75) is 35.4 Å². The van der Waals surface area contributed by atoms with Crippen molar-refractivity contribution in [3.63, 3.8) is 0 Å². The van der Waals surface area contributed by atoms with Gasteiger partial charge in [-0.25, -0.2) is 26.9 Å². The number of halogens is 8. The molecule has 6 atom stereocenters. The fourth-order valence-corrected chi connectivity index (χ4v) is 8.70. The molecule has 4 aliphatic rings. The number of allylic oxidation sites excluding steroid dienone is 2. The summed E-state index contributed by atoms with van der Waals surface area (Å²) < 4.78 is 73.0. The Kier molecular flexibility index (Phi) is 7.29. The smallest absolute Gasteiger partial charge is 0.258 e. The number of hydrogen-bond donors (Lipinski definition) is 1. The molecule has 2 heterocycles. The Morgan fingerprint density at radius 2 is 1.40 bits per heavy atom. The number of aryl methyl sites for hydroxylation is 1. The normalized spacial score (nSPS) is 29.6. The van der Waals surface area contributed by atoms with Crippen molar-refractivity contribution in [2.24, 2.45) is 17.8 Å². The number of hydrogen-bond acceptors (Lipinski definition) is 5. The van der Waals surface area contributed by atoms with Crippen LogP contribution in [-0.4, -0.2) is 38.5 Å². The molecule has 7 rings (SSSR count). The second-order valence-corrected chi connectivity index (χ2v) is 13.9. The Morgan fingerprint density at radius 3 is 2.00 bits per heavy atom. The van der Waals surface area contributed by atoms with Crippen molar-refractivity contribution in [3.05, 3.63) is 99.3 Å². The summed E-state index contributed by atoms with van der Waals surface area (Å²) in [6, 6.07) is 9.98. The van der Waals surface area contributed by atoms with E-state index in [1.807, 2.05) is 0 Å². The number of nitrogens with zero attached hydrogens (tertiary/aromatic N) is 2. The Labute approximate surface area is 283 Å². The summed E-state index contributed by atoms with van der Waals surface area (Å²) >= 11 is 20.2. The summed E-state index contributed by atoms with van der Waals surface area (Å²) in [7, 11) is 0. The summed E-state index contributed by atoms with van der Waals surface area (Å²) in [5, 5.41) is 10.6. The van der Waals surface area contributed by atoms with Gasteiger partial charge in [-0.15, -0.1) is 23.2 Å². The zero-order chi connectivity index (χ0) is 34.8. The van der Waals surface area contributed by atoms with E-state index in [2.05, 4.69) is 0 Å². The van der Waals surface area contributed by atoms with Gasteiger partial charge in [0.05, 0.1) is 17.5 Å². The number of carbonyl (C=O) groups excluding carboxylic acids is 4. The maximum Gasteiger partial charge on any atom is 0.258 e. The van der Waals surface area contributed by atoms with Crippen LogP contribution in [0.3, 0.4) is 0 Å². The van der Waals surface area contributed by atoms with Crippen LogP contribution in [0, 0.1) is 53.8 Å². The Morgan fingerprint density at radius 1 is 0.792 bits per heavy atom. The van der Waals surface area contributed by atoms with Gasteiger partial charge in [0.1, 0.15) is 11.4 Å². The summed E-state index contributed by atoms with van der Waals surface area (Å²) in [6.07, 6.45) is 0.960. The highest BCUT2D eigenvalue weighted by Gasteiger charge is 2.77. The van der Waals surface area contributed by atoms with Crippen molar-refractivity contribution in [2.75, 3.05) is 9.80 Å². The second-order valence-electron chi connectivity index (χ2n) is 12.2. The van der Waals surface area contributed by atoms with Crippen LogP contribution < -0.4 is 9.80 Å². The highest BCUT2D eigenvalue weighted by molar-refractivity contribution is 6.58. The summed E-state index contributed by atoms with van der Waals surface area (Å²) in [5.41, 5.74) is -0.853. The predicted molar refractivity (Wildman–Crippen MR) is 163 cm³/mol. The van der Waals surface area contributed by atoms with Gasteiger partial charge in [-0.3, -0.25) is 24.1 Å². The standard InChI is InChI=1S/C33H20Cl3F5N2O5/c1-12-10-13(2-9-19(12)44)21-16-7-8-17-20(29(46)42(28(17)45)15-5-3-14(34)4-6-15)18(16)11-32(35)30(47)43(31(48)33(21,32)36)27-25(40)23(38)22(37)24(39)26(27)41/h2-7,9-10,17-18,20-21,44H,8,11H2,1H3. The molecule has 3 aromatic carbocycles. The molecule has 3 aromatic rings. The second kappa shape index (κ2) is 10.8. The van der Waals surface area contributed by atoms with Gasteiger partial charge in [0.25, 0.3) is 11.8 Å². The number of imide groups is 2. The molecule has 7 nitrogen and oxygen atoms in total. The number of carbonyl (C=O) groups is 4. The van der Waals surface area contributed by atoms with Crippen LogP contribution in [0.15, 0.2) is 54.1 Å². The van der Waals surface area contributed by atoms with E-state index in [4.69, 9.17) is 34.8 Å². The molecule has 48 heavy (non-hydrogen) atoms. The molecule has 6 unspecified atom stereocenters. The van der Waals surface area contributed by atoms with Crippen LogP contribution in [0.5, 0.6) is 5.75 Å². The average Bonchev–Trinajstić information content (AvgIpc) is 3.39. The molecular weight excluding hydrogens is 706 g/mol. The van der Waals surface area contributed by atoms with Crippen LogP contribution in [0.4, 0.5) is 33.3 Å². The van der Waals surface area contributed by atoms with E-state index in [1.165, 1.54) is 49.4 Å². The quantitative estimate of drug-likeness (QED) is 0.0800. The number of fused-ring (bicyclic) bond motifs is 4. The summed E-state index contributed by atoms with van der Waals surface area (Å²) in [4.78, 5) is 51.7. The third-order valence-electron chi connectivity index (χ3n) is 9.86. The van der Waals surface area contributed by atoms with E-state index in [0.29, 0.717) is 16.2 Å². The molecular formula is C33H20Cl3F5N2O5. The van der Waals surface area contributed by atoms with Gasteiger partial charge in [0.15, 0.2) is 33.0 Å². The van der Waals surface area contributed by atoms with E-state index >= 15 is 8.78 Å². The number of benzene rings is 3. The molecule has 248 valence electrons. The summed E-state index contributed by atoms with van der Waals surface area (Å²) in [5.74, 6) is -21.3. The molecule has 4 amide bonds. The lowest BCUT2D eigenvalue weighted by atomic mass is 9.56. The van der Waals surface area contributed by atoms with E-state index in [-0.39, 0.29) is 28.3 Å². The number of alkyl halides is 2. The highest BCUT2D eigenvalue weighted by Crippen LogP contribution is 2.66. The van der Waals surface area contributed by atoms with Crippen molar-refractivity contribution >= 4 is 69.8 Å². The van der Waals surface area contributed by atoms with Gasteiger partial charge in [0, 0.05) is 10.9 Å². The van der Waals surface area contributed by atoms with Crippen LogP contribution in [-0.2, 0) is 19.2 Å². The molecule has 1 saturated carbocycles. The number of rotatable bonds is 3. The van der Waals surface area contributed by atoms with E-state index < -0.39 is 98.2 Å². The zero-order valence-electron chi connectivity index (χ0n) is 24.3. The molecule has 2 saturated heterocycles. The van der Waals surface area contributed by atoms with Gasteiger partial charge in [-0.05, 0) is 67.1 Å². The fourth-order valence-electron chi connectivity index (χ4n) is 7.64. The minimum atomic E-state index is -2.65. The number of aromatic hydroxyl groups is 1. The lowest BCUT2D eigenvalue weighted by molar-refractivity contribution is -0.125. The monoisotopic (exact) mass is 724 g/mol. The van der Waals surface area contributed by atoms with Gasteiger partial charge in [-0.1, -0.05) is 35.4 Å². The average molecular weight is 726 g/mol. The van der Waals surface area contributed by atoms with Crippen LogP contribution in [0.1, 0.15) is 29.9 Å². The molecule has 0 spiro atoms. The molecule has 0 radical (unpaired) electrons. The Balaban J connectivity index is 1.43. The van der Waals surface area contributed by atoms with E-state index in [0.717, 1.165) is 4.90 Å². The maximum absolute atomic E-state index is 15.2. The van der Waals surface area contributed by atoms with Crippen LogP contribution >= 0.6 is 34.8 Å². The number of phenols is 1. The molecule has 2 aliphatic carbocycles. The number of amides is 4. The lowest BCUT2D eigenvalue weighted by Crippen LogP contribution is -2.60. The Hall–Kier alpha value is -4.00. The van der Waals surface area contributed by atoms with Gasteiger partial charge >= 0.3 is 0 Å². The van der Waals surface area contributed by atoms with Gasteiger partial charge < -0.3 is 5.11 Å². The molecule has 15 heteroatoms. The minimum absolute atomic E-state index is 0.00945. The number of anilines is 2. The minimum Gasteiger partial charge on any atom is -0.508 e. The number of phenolic OH excluding ortho intramolecular Hbond substituents is 1. The van der Waals surface area contributed by atoms with Crippen molar-refractivity contribution in [3.8, 4) is 5.75 Å². The molecule has 0 bridgehead atoms. The highest BCUT2D eigenvalue weighted by atomic mass is 35.5. The van der Waals surface area contributed by atoms with Crippen LogP contribution in [0.2, 0.25) is 5.02 Å². The maximum atomic E-state index is 15.2. The van der Waals surface area contributed by atoms with Gasteiger partial charge in [0.2, 0.25) is 17.6 Å². The molecule has 1 N–H and O–H groups in total. The molecule has 3 fully saturated rings. The molecule has 2 aliphatic heterocycles. The van der Waals surface area contributed by atoms with E-state index in [1.54, 1.807) is 6.08 Å². The van der Waals surface area contributed by atoms with Crippen molar-refractivity contribution < 1.29 is 46.2 Å². The SMILES string of the molecule is Cc1cc(C2C3=CCC4C(=O)N(c5ccc(Cl)cc5)C(=O)C4C3CC3(Cl)C(=O)N(c4c(F)c(F)c(F)c(F)c4F)C(=O)C23Cl)ccc1O. The summed E-state index contributed by atoms with van der Waals surface area (Å²) in [6.45, 7) is 1.52. The third-order valence-corrected chi connectivity index (χ3v) is 11.5. The van der Waals surface area contributed by atoms with Crippen molar-refractivity contribution in [1.29, 1.82) is 0 Å². The first-order valence-corrected chi connectivity index (χ1v) is 15.6. The van der Waals surface area contributed by atoms with Gasteiger partial charge in [-0.2, -0.15) is 0 Å². The zero-order valence-corrected chi connectivity index (χ0v) is 26.6.